The summed E-state index contributed by atoms with van der Waals surface area (Å²) in [5.41, 5.74) is 0.655. The first-order chi connectivity index (χ1) is 13.8. The first-order valence-corrected chi connectivity index (χ1v) is 9.33. The van der Waals surface area contributed by atoms with Crippen LogP contribution in [0.15, 0.2) is 59.7 Å². The highest BCUT2D eigenvalue weighted by atomic mass is 16.6. The van der Waals surface area contributed by atoms with E-state index in [4.69, 9.17) is 0 Å². The molecule has 3 rings (SSSR count). The number of amides is 1. The van der Waals surface area contributed by atoms with Gasteiger partial charge < -0.3 is 5.32 Å². The fourth-order valence-electron chi connectivity index (χ4n) is 3.20. The SMILES string of the molecule is CC(C)C[C@@H](NC(=O)Cn1cnc2ccc([N+](=O)[O-])cc2c1=O)c1ccccc1. The number of carbonyl (C=O) groups excluding carboxylic acids is 1. The van der Waals surface area contributed by atoms with E-state index in [9.17, 15) is 19.7 Å². The van der Waals surface area contributed by atoms with E-state index in [0.717, 1.165) is 12.0 Å². The van der Waals surface area contributed by atoms with Crippen LogP contribution < -0.4 is 10.9 Å². The second-order valence-electron chi connectivity index (χ2n) is 7.30. The molecule has 2 aromatic carbocycles. The van der Waals surface area contributed by atoms with Crippen molar-refractivity contribution in [1.29, 1.82) is 0 Å². The highest BCUT2D eigenvalue weighted by Crippen LogP contribution is 2.21. The van der Waals surface area contributed by atoms with E-state index >= 15 is 0 Å². The highest BCUT2D eigenvalue weighted by molar-refractivity contribution is 5.81. The van der Waals surface area contributed by atoms with Crippen molar-refractivity contribution in [1.82, 2.24) is 14.9 Å². The third-order valence-corrected chi connectivity index (χ3v) is 4.58. The molecule has 0 radical (unpaired) electrons. The topological polar surface area (TPSA) is 107 Å². The first kappa shape index (κ1) is 20.2. The molecule has 1 amide bonds. The lowest BCUT2D eigenvalue weighted by atomic mass is 9.97. The van der Waals surface area contributed by atoms with Crippen LogP contribution in [0.4, 0.5) is 5.69 Å². The van der Waals surface area contributed by atoms with Gasteiger partial charge in [0.1, 0.15) is 6.54 Å². The second kappa shape index (κ2) is 8.64. The second-order valence-corrected chi connectivity index (χ2v) is 7.30. The van der Waals surface area contributed by atoms with Crippen molar-refractivity contribution in [2.75, 3.05) is 0 Å². The molecule has 0 bridgehead atoms. The lowest BCUT2D eigenvalue weighted by molar-refractivity contribution is -0.384. The molecule has 0 fully saturated rings. The minimum absolute atomic E-state index is 0.108. The van der Waals surface area contributed by atoms with Crippen LogP contribution in [0.3, 0.4) is 0 Å². The van der Waals surface area contributed by atoms with Gasteiger partial charge in [-0.05, 0) is 24.0 Å². The summed E-state index contributed by atoms with van der Waals surface area (Å²) in [6.45, 7) is 3.94. The molecular formula is C21H22N4O4. The third-order valence-electron chi connectivity index (χ3n) is 4.58. The monoisotopic (exact) mass is 394 g/mol. The summed E-state index contributed by atoms with van der Waals surface area (Å²) >= 11 is 0. The van der Waals surface area contributed by atoms with Crippen LogP contribution in [0.25, 0.3) is 10.9 Å². The molecule has 8 nitrogen and oxygen atoms in total. The summed E-state index contributed by atoms with van der Waals surface area (Å²) in [4.78, 5) is 39.9. The molecule has 8 heteroatoms. The van der Waals surface area contributed by atoms with Crippen molar-refractivity contribution in [3.8, 4) is 0 Å². The molecule has 0 saturated carbocycles. The third kappa shape index (κ3) is 4.84. The number of aromatic nitrogens is 2. The lowest BCUT2D eigenvalue weighted by Gasteiger charge is -2.21. The number of non-ortho nitro benzene ring substituents is 1. The Kier molecular flexibility index (Phi) is 6.01. The Morgan fingerprint density at radius 1 is 1.21 bits per heavy atom. The molecule has 0 saturated heterocycles. The van der Waals surface area contributed by atoms with Crippen LogP contribution in [0.2, 0.25) is 0 Å². The van der Waals surface area contributed by atoms with Gasteiger partial charge in [-0.15, -0.1) is 0 Å². The fraction of sp³-hybridized carbons (Fsp3) is 0.286. The van der Waals surface area contributed by atoms with Gasteiger partial charge in [0, 0.05) is 12.1 Å². The van der Waals surface area contributed by atoms with E-state index in [2.05, 4.69) is 24.1 Å². The van der Waals surface area contributed by atoms with E-state index < -0.39 is 10.5 Å². The van der Waals surface area contributed by atoms with Gasteiger partial charge in [-0.1, -0.05) is 44.2 Å². The van der Waals surface area contributed by atoms with E-state index in [0.29, 0.717) is 11.4 Å². The first-order valence-electron chi connectivity index (χ1n) is 9.33. The molecule has 1 atom stereocenters. The molecule has 3 aromatic rings. The smallest absolute Gasteiger partial charge is 0.270 e. The van der Waals surface area contributed by atoms with Gasteiger partial charge in [0.2, 0.25) is 5.91 Å². The highest BCUT2D eigenvalue weighted by Gasteiger charge is 2.17. The standard InChI is InChI=1S/C21H22N4O4/c1-14(2)10-19(15-6-4-3-5-7-15)23-20(26)12-24-13-22-18-9-8-16(25(28)29)11-17(18)21(24)27/h3-9,11,13-14,19H,10,12H2,1-2H3,(H,23,26)/t19-/m1/s1. The van der Waals surface area contributed by atoms with E-state index in [-0.39, 0.29) is 29.6 Å². The Morgan fingerprint density at radius 3 is 2.59 bits per heavy atom. The van der Waals surface area contributed by atoms with Crippen molar-refractivity contribution < 1.29 is 9.72 Å². The normalized spacial score (nSPS) is 12.1. The largest absolute Gasteiger partial charge is 0.348 e. The van der Waals surface area contributed by atoms with Crippen LogP contribution in [-0.4, -0.2) is 20.4 Å². The van der Waals surface area contributed by atoms with Gasteiger partial charge in [-0.25, -0.2) is 4.98 Å². The predicted molar refractivity (Wildman–Crippen MR) is 109 cm³/mol. The van der Waals surface area contributed by atoms with Crippen LogP contribution in [-0.2, 0) is 11.3 Å². The number of rotatable bonds is 7. The maximum absolute atomic E-state index is 12.7. The zero-order chi connectivity index (χ0) is 21.0. The quantitative estimate of drug-likeness (QED) is 0.489. The zero-order valence-electron chi connectivity index (χ0n) is 16.2. The number of nitro groups is 1. The number of hydrogen-bond acceptors (Lipinski definition) is 5. The van der Waals surface area contributed by atoms with Gasteiger partial charge >= 0.3 is 0 Å². The van der Waals surface area contributed by atoms with Gasteiger partial charge in [-0.3, -0.25) is 24.3 Å². The van der Waals surface area contributed by atoms with E-state index in [1.165, 1.54) is 29.1 Å². The Balaban J connectivity index is 1.83. The molecule has 0 aliphatic heterocycles. The number of nitrogens with one attached hydrogen (secondary N) is 1. The number of carbonyl (C=O) groups is 1. The summed E-state index contributed by atoms with van der Waals surface area (Å²) < 4.78 is 1.17. The average molecular weight is 394 g/mol. The molecule has 0 aliphatic carbocycles. The van der Waals surface area contributed by atoms with E-state index in [1.807, 2.05) is 30.3 Å². The minimum Gasteiger partial charge on any atom is -0.348 e. The molecule has 1 heterocycles. The Hall–Kier alpha value is -3.55. The van der Waals surface area contributed by atoms with Crippen molar-refractivity contribution >= 4 is 22.5 Å². The van der Waals surface area contributed by atoms with Crippen LogP contribution in [0.5, 0.6) is 0 Å². The number of hydrogen-bond donors (Lipinski definition) is 1. The maximum Gasteiger partial charge on any atom is 0.270 e. The van der Waals surface area contributed by atoms with Crippen molar-refractivity contribution in [3.05, 3.63) is 80.9 Å². The van der Waals surface area contributed by atoms with Gasteiger partial charge in [0.05, 0.1) is 28.2 Å². The summed E-state index contributed by atoms with van der Waals surface area (Å²) in [5.74, 6) is 0.0410. The Bertz CT molecular complexity index is 1090. The average Bonchev–Trinajstić information content (AvgIpc) is 2.69. The minimum atomic E-state index is -0.570. The Labute approximate surface area is 167 Å². The molecule has 1 N–H and O–H groups in total. The van der Waals surface area contributed by atoms with Crippen LogP contribution in [0.1, 0.15) is 31.9 Å². The molecule has 150 valence electrons. The summed E-state index contributed by atoms with van der Waals surface area (Å²) in [6, 6.07) is 13.4. The molecule has 0 spiro atoms. The van der Waals surface area contributed by atoms with Gasteiger partial charge in [0.15, 0.2) is 0 Å². The zero-order valence-corrected chi connectivity index (χ0v) is 16.2. The van der Waals surface area contributed by atoms with Crippen molar-refractivity contribution in [2.24, 2.45) is 5.92 Å². The number of benzene rings is 2. The van der Waals surface area contributed by atoms with Crippen LogP contribution >= 0.6 is 0 Å². The number of nitro benzene ring substituents is 1. The maximum atomic E-state index is 12.7. The summed E-state index contributed by atoms with van der Waals surface area (Å²) in [6.07, 6.45) is 2.04. The van der Waals surface area contributed by atoms with E-state index in [1.54, 1.807) is 0 Å². The summed E-state index contributed by atoms with van der Waals surface area (Å²) in [5, 5.41) is 14.1. The van der Waals surface area contributed by atoms with Gasteiger partial charge in [0.25, 0.3) is 11.2 Å². The predicted octanol–water partition coefficient (Wildman–Crippen LogP) is 3.21. The molecule has 0 aliphatic rings. The molecule has 29 heavy (non-hydrogen) atoms. The molecular weight excluding hydrogens is 372 g/mol. The molecule has 0 unspecified atom stereocenters. The Morgan fingerprint density at radius 2 is 1.93 bits per heavy atom. The molecule has 1 aromatic heterocycles. The van der Waals surface area contributed by atoms with Gasteiger partial charge in [-0.2, -0.15) is 0 Å². The number of fused-ring (bicyclic) bond motifs is 1. The fourth-order valence-corrected chi connectivity index (χ4v) is 3.20. The lowest BCUT2D eigenvalue weighted by Crippen LogP contribution is -2.35. The number of nitrogens with zero attached hydrogens (tertiary/aromatic N) is 3. The van der Waals surface area contributed by atoms with Crippen LogP contribution in [0, 0.1) is 16.0 Å². The van der Waals surface area contributed by atoms with Crippen molar-refractivity contribution in [2.45, 2.75) is 32.9 Å². The van der Waals surface area contributed by atoms with Crippen molar-refractivity contribution in [3.63, 3.8) is 0 Å². The summed E-state index contributed by atoms with van der Waals surface area (Å²) in [7, 11) is 0.